The van der Waals surface area contributed by atoms with E-state index in [0.717, 1.165) is 28.0 Å². The molecule has 3 nitrogen and oxygen atoms in total. The summed E-state index contributed by atoms with van der Waals surface area (Å²) in [5.74, 6) is 2.94. The second-order valence-electron chi connectivity index (χ2n) is 4.85. The molecule has 0 saturated carbocycles. The van der Waals surface area contributed by atoms with Gasteiger partial charge in [-0.1, -0.05) is 26.0 Å². The minimum atomic E-state index is 0.489. The van der Waals surface area contributed by atoms with Crippen molar-refractivity contribution in [3.05, 3.63) is 30.3 Å². The smallest absolute Gasteiger partial charge is 0.130 e. The minimum absolute atomic E-state index is 0.489. The van der Waals surface area contributed by atoms with Gasteiger partial charge in [-0.15, -0.1) is 0 Å². The number of hydrogen-bond donors (Lipinski definition) is 0. The molecule has 0 aliphatic heterocycles. The van der Waals surface area contributed by atoms with Gasteiger partial charge in [0.2, 0.25) is 0 Å². The van der Waals surface area contributed by atoms with E-state index in [0.29, 0.717) is 12.5 Å². The van der Waals surface area contributed by atoms with Crippen LogP contribution in [0, 0.1) is 5.92 Å². The summed E-state index contributed by atoms with van der Waals surface area (Å²) in [6, 6.07) is 9.78. The molecule has 0 N–H and O–H groups in total. The number of ether oxygens (including phenoxy) is 3. The third-order valence-electron chi connectivity index (χ3n) is 2.94. The van der Waals surface area contributed by atoms with Crippen LogP contribution >= 0.6 is 0 Å². The molecule has 0 saturated heterocycles. The van der Waals surface area contributed by atoms with Gasteiger partial charge < -0.3 is 14.2 Å². The Morgan fingerprint density at radius 2 is 1.53 bits per heavy atom. The van der Waals surface area contributed by atoms with E-state index in [1.165, 1.54) is 0 Å². The standard InChI is InChI=1S/C16H20O3/c1-11(2)10-19-13-8-9-15(18-4)16-12(13)6-5-7-14(16)17-3/h5-9,11H,10H2,1-4H3. The van der Waals surface area contributed by atoms with Crippen LogP contribution in [-0.4, -0.2) is 20.8 Å². The summed E-state index contributed by atoms with van der Waals surface area (Å²) in [5.41, 5.74) is 0. The number of fused-ring (bicyclic) bond motifs is 1. The van der Waals surface area contributed by atoms with Gasteiger partial charge in [0, 0.05) is 5.39 Å². The first-order valence-electron chi connectivity index (χ1n) is 6.44. The van der Waals surface area contributed by atoms with Gasteiger partial charge in [0.15, 0.2) is 0 Å². The summed E-state index contributed by atoms with van der Waals surface area (Å²) in [6.45, 7) is 4.96. The molecule has 2 rings (SSSR count). The minimum Gasteiger partial charge on any atom is -0.496 e. The highest BCUT2D eigenvalue weighted by Gasteiger charge is 2.12. The molecule has 19 heavy (non-hydrogen) atoms. The summed E-state index contributed by atoms with van der Waals surface area (Å²) < 4.78 is 16.7. The van der Waals surface area contributed by atoms with Crippen molar-refractivity contribution in [3.63, 3.8) is 0 Å². The van der Waals surface area contributed by atoms with Crippen molar-refractivity contribution in [2.45, 2.75) is 13.8 Å². The number of methoxy groups -OCH3 is 2. The molecule has 0 heterocycles. The quantitative estimate of drug-likeness (QED) is 0.816. The first-order valence-corrected chi connectivity index (χ1v) is 6.44. The monoisotopic (exact) mass is 260 g/mol. The fourth-order valence-electron chi connectivity index (χ4n) is 2.04. The van der Waals surface area contributed by atoms with E-state index < -0.39 is 0 Å². The highest BCUT2D eigenvalue weighted by molar-refractivity contribution is 5.97. The molecule has 0 aliphatic carbocycles. The van der Waals surface area contributed by atoms with Crippen LogP contribution in [-0.2, 0) is 0 Å². The maximum atomic E-state index is 5.87. The van der Waals surface area contributed by atoms with Crippen LogP contribution in [0.5, 0.6) is 17.2 Å². The summed E-state index contributed by atoms with van der Waals surface area (Å²) in [4.78, 5) is 0. The summed E-state index contributed by atoms with van der Waals surface area (Å²) in [7, 11) is 3.33. The Hall–Kier alpha value is -1.90. The fourth-order valence-corrected chi connectivity index (χ4v) is 2.04. The second kappa shape index (κ2) is 5.83. The molecular weight excluding hydrogens is 240 g/mol. The SMILES string of the molecule is COc1cccc2c(OCC(C)C)ccc(OC)c12. The first-order chi connectivity index (χ1) is 9.17. The van der Waals surface area contributed by atoms with Crippen molar-refractivity contribution < 1.29 is 14.2 Å². The summed E-state index contributed by atoms with van der Waals surface area (Å²) >= 11 is 0. The molecule has 0 aliphatic rings. The zero-order valence-electron chi connectivity index (χ0n) is 11.9. The molecule has 0 spiro atoms. The van der Waals surface area contributed by atoms with Gasteiger partial charge in [-0.3, -0.25) is 0 Å². The topological polar surface area (TPSA) is 27.7 Å². The molecule has 3 heteroatoms. The zero-order valence-corrected chi connectivity index (χ0v) is 11.9. The lowest BCUT2D eigenvalue weighted by Gasteiger charge is -2.15. The first kappa shape index (κ1) is 13.5. The Morgan fingerprint density at radius 3 is 2.16 bits per heavy atom. The van der Waals surface area contributed by atoms with Gasteiger partial charge in [-0.25, -0.2) is 0 Å². The Morgan fingerprint density at radius 1 is 0.895 bits per heavy atom. The third kappa shape index (κ3) is 2.75. The maximum absolute atomic E-state index is 5.87. The van der Waals surface area contributed by atoms with E-state index in [4.69, 9.17) is 14.2 Å². The molecule has 0 amide bonds. The number of hydrogen-bond acceptors (Lipinski definition) is 3. The van der Waals surface area contributed by atoms with Gasteiger partial charge in [0.05, 0.1) is 26.2 Å². The van der Waals surface area contributed by atoms with Crippen LogP contribution < -0.4 is 14.2 Å². The lowest BCUT2D eigenvalue weighted by molar-refractivity contribution is 0.274. The number of benzene rings is 2. The van der Waals surface area contributed by atoms with Crippen molar-refractivity contribution in [3.8, 4) is 17.2 Å². The Kier molecular flexibility index (Phi) is 4.15. The van der Waals surface area contributed by atoms with E-state index >= 15 is 0 Å². The van der Waals surface area contributed by atoms with Gasteiger partial charge in [0.1, 0.15) is 17.2 Å². The van der Waals surface area contributed by atoms with E-state index in [1.54, 1.807) is 14.2 Å². The van der Waals surface area contributed by atoms with Crippen LogP contribution in [0.25, 0.3) is 10.8 Å². The lowest BCUT2D eigenvalue weighted by Crippen LogP contribution is -2.05. The highest BCUT2D eigenvalue weighted by Crippen LogP contribution is 2.39. The Bertz CT molecular complexity index is 551. The van der Waals surface area contributed by atoms with Crippen LogP contribution in [0.3, 0.4) is 0 Å². The zero-order chi connectivity index (χ0) is 13.8. The van der Waals surface area contributed by atoms with E-state index in [-0.39, 0.29) is 0 Å². The Balaban J connectivity index is 2.55. The number of rotatable bonds is 5. The molecule has 0 bridgehead atoms. The predicted octanol–water partition coefficient (Wildman–Crippen LogP) is 3.89. The van der Waals surface area contributed by atoms with Crippen LogP contribution in [0.15, 0.2) is 30.3 Å². The average Bonchev–Trinajstić information content (AvgIpc) is 2.43. The highest BCUT2D eigenvalue weighted by atomic mass is 16.5. The van der Waals surface area contributed by atoms with E-state index in [1.807, 2.05) is 30.3 Å². The van der Waals surface area contributed by atoms with Crippen LogP contribution in [0.2, 0.25) is 0 Å². The summed E-state index contributed by atoms with van der Waals surface area (Å²) in [6.07, 6.45) is 0. The van der Waals surface area contributed by atoms with Crippen molar-refractivity contribution >= 4 is 10.8 Å². The molecule has 0 fully saturated rings. The van der Waals surface area contributed by atoms with Crippen molar-refractivity contribution in [2.75, 3.05) is 20.8 Å². The molecule has 2 aromatic carbocycles. The van der Waals surface area contributed by atoms with Crippen molar-refractivity contribution in [1.82, 2.24) is 0 Å². The van der Waals surface area contributed by atoms with Crippen molar-refractivity contribution in [2.24, 2.45) is 5.92 Å². The largest absolute Gasteiger partial charge is 0.496 e. The predicted molar refractivity (Wildman–Crippen MR) is 77.4 cm³/mol. The van der Waals surface area contributed by atoms with Gasteiger partial charge in [-0.05, 0) is 24.1 Å². The van der Waals surface area contributed by atoms with Gasteiger partial charge >= 0.3 is 0 Å². The van der Waals surface area contributed by atoms with Gasteiger partial charge in [0.25, 0.3) is 0 Å². The second-order valence-corrected chi connectivity index (χ2v) is 4.85. The lowest BCUT2D eigenvalue weighted by atomic mass is 10.1. The van der Waals surface area contributed by atoms with E-state index in [9.17, 15) is 0 Å². The molecular formula is C16H20O3. The molecule has 102 valence electrons. The molecule has 0 atom stereocenters. The third-order valence-corrected chi connectivity index (χ3v) is 2.94. The molecule has 0 radical (unpaired) electrons. The van der Waals surface area contributed by atoms with Crippen LogP contribution in [0.4, 0.5) is 0 Å². The average molecular weight is 260 g/mol. The van der Waals surface area contributed by atoms with Gasteiger partial charge in [-0.2, -0.15) is 0 Å². The maximum Gasteiger partial charge on any atom is 0.130 e. The molecule has 2 aromatic rings. The molecule has 0 unspecified atom stereocenters. The van der Waals surface area contributed by atoms with E-state index in [2.05, 4.69) is 13.8 Å². The van der Waals surface area contributed by atoms with Crippen molar-refractivity contribution in [1.29, 1.82) is 0 Å². The van der Waals surface area contributed by atoms with Crippen LogP contribution in [0.1, 0.15) is 13.8 Å². The summed E-state index contributed by atoms with van der Waals surface area (Å²) in [5, 5.41) is 1.97. The normalized spacial score (nSPS) is 10.8. The molecule has 0 aromatic heterocycles. The fraction of sp³-hybridized carbons (Fsp3) is 0.375. The Labute approximate surface area is 114 Å².